The van der Waals surface area contributed by atoms with Gasteiger partial charge in [-0.1, -0.05) is 25.1 Å². The molecule has 1 aromatic heterocycles. The SMILES string of the molecule is CCCN1CCc2nc(-c3cc(C(=O)N4CCC(F)(c5ccc(N)cc5)CC4)c(C)cc3C)[nH]c2C1. The molecule has 5 rings (SSSR count). The molecule has 3 heterocycles. The average Bonchev–Trinajstić information content (AvgIpc) is 3.28. The number of nitrogens with one attached hydrogen (secondary N) is 1. The van der Waals surface area contributed by atoms with E-state index in [0.717, 1.165) is 60.7 Å². The Morgan fingerprint density at radius 3 is 2.53 bits per heavy atom. The lowest BCUT2D eigenvalue weighted by Gasteiger charge is -2.37. The molecule has 0 unspecified atom stereocenters. The van der Waals surface area contributed by atoms with Crippen molar-refractivity contribution in [2.45, 2.75) is 58.7 Å². The topological polar surface area (TPSA) is 78.2 Å². The lowest BCUT2D eigenvalue weighted by molar-refractivity contribution is 0.0421. The number of aromatic amines is 1. The summed E-state index contributed by atoms with van der Waals surface area (Å²) in [6.07, 6.45) is 2.63. The van der Waals surface area contributed by atoms with Crippen LogP contribution in [0, 0.1) is 13.8 Å². The molecule has 1 fully saturated rings. The predicted octanol–water partition coefficient (Wildman–Crippen LogP) is 5.14. The third-order valence-corrected chi connectivity index (χ3v) is 7.78. The van der Waals surface area contributed by atoms with E-state index in [1.807, 2.05) is 13.0 Å². The molecule has 0 spiro atoms. The number of carbonyl (C=O) groups excluding carboxylic acids is 1. The van der Waals surface area contributed by atoms with Gasteiger partial charge >= 0.3 is 0 Å². The van der Waals surface area contributed by atoms with E-state index >= 15 is 4.39 Å². The van der Waals surface area contributed by atoms with Crippen molar-refractivity contribution in [3.8, 4) is 11.4 Å². The summed E-state index contributed by atoms with van der Waals surface area (Å²) in [5.41, 5.74) is 11.5. The summed E-state index contributed by atoms with van der Waals surface area (Å²) in [6.45, 7) is 10.0. The number of hydrogen-bond donors (Lipinski definition) is 2. The first kappa shape index (κ1) is 24.5. The molecule has 3 N–H and O–H groups in total. The van der Waals surface area contributed by atoms with Gasteiger partial charge in [0.15, 0.2) is 0 Å². The van der Waals surface area contributed by atoms with Crippen LogP contribution in [-0.4, -0.2) is 51.9 Å². The zero-order chi connectivity index (χ0) is 25.4. The zero-order valence-electron chi connectivity index (χ0n) is 21.5. The normalized spacial score (nSPS) is 17.7. The second-order valence-electron chi connectivity index (χ2n) is 10.4. The summed E-state index contributed by atoms with van der Waals surface area (Å²) in [4.78, 5) is 26.3. The van der Waals surface area contributed by atoms with Gasteiger partial charge < -0.3 is 15.6 Å². The highest BCUT2D eigenvalue weighted by molar-refractivity contribution is 5.97. The van der Waals surface area contributed by atoms with Gasteiger partial charge in [0.25, 0.3) is 5.91 Å². The molecule has 0 bridgehead atoms. The van der Waals surface area contributed by atoms with E-state index in [0.29, 0.717) is 29.9 Å². The minimum absolute atomic E-state index is 0.0430. The molecule has 2 aliphatic heterocycles. The maximum absolute atomic E-state index is 15.7. The van der Waals surface area contributed by atoms with Crippen LogP contribution in [0.15, 0.2) is 36.4 Å². The van der Waals surface area contributed by atoms with E-state index in [9.17, 15) is 4.79 Å². The minimum Gasteiger partial charge on any atom is -0.399 e. The first-order valence-electron chi connectivity index (χ1n) is 13.0. The number of likely N-dealkylation sites (tertiary alicyclic amines) is 1. The summed E-state index contributed by atoms with van der Waals surface area (Å²) >= 11 is 0. The van der Waals surface area contributed by atoms with Gasteiger partial charge in [0.05, 0.1) is 11.4 Å². The molecule has 1 saturated heterocycles. The number of piperidine rings is 1. The first-order valence-corrected chi connectivity index (χ1v) is 13.0. The third kappa shape index (κ3) is 4.64. The fourth-order valence-corrected chi connectivity index (χ4v) is 5.63. The molecule has 0 atom stereocenters. The highest BCUT2D eigenvalue weighted by atomic mass is 19.1. The monoisotopic (exact) mass is 489 g/mol. The van der Waals surface area contributed by atoms with Crippen LogP contribution in [0.1, 0.15) is 64.6 Å². The molecule has 0 aliphatic carbocycles. The van der Waals surface area contributed by atoms with Crippen LogP contribution in [0.3, 0.4) is 0 Å². The largest absolute Gasteiger partial charge is 0.399 e. The van der Waals surface area contributed by atoms with E-state index < -0.39 is 5.67 Å². The van der Waals surface area contributed by atoms with Crippen molar-refractivity contribution >= 4 is 11.6 Å². The molecule has 190 valence electrons. The van der Waals surface area contributed by atoms with Crippen LogP contribution in [0.2, 0.25) is 0 Å². The molecule has 0 radical (unpaired) electrons. The molecular formula is C29H36FN5O. The summed E-state index contributed by atoms with van der Waals surface area (Å²) in [7, 11) is 0. The Kier molecular flexibility index (Phi) is 6.60. The highest BCUT2D eigenvalue weighted by Gasteiger charge is 2.38. The van der Waals surface area contributed by atoms with Crippen LogP contribution >= 0.6 is 0 Å². The Bertz CT molecular complexity index is 1260. The van der Waals surface area contributed by atoms with Gasteiger partial charge in [0.1, 0.15) is 11.5 Å². The van der Waals surface area contributed by atoms with Gasteiger partial charge in [-0.25, -0.2) is 9.37 Å². The number of hydrogen-bond acceptors (Lipinski definition) is 4. The van der Waals surface area contributed by atoms with E-state index in [-0.39, 0.29) is 18.7 Å². The maximum atomic E-state index is 15.7. The summed E-state index contributed by atoms with van der Waals surface area (Å²) < 4.78 is 15.7. The molecule has 36 heavy (non-hydrogen) atoms. The van der Waals surface area contributed by atoms with Crippen LogP contribution in [0.25, 0.3) is 11.4 Å². The van der Waals surface area contributed by atoms with Crippen LogP contribution in [0.5, 0.6) is 0 Å². The highest BCUT2D eigenvalue weighted by Crippen LogP contribution is 2.38. The van der Waals surface area contributed by atoms with Crippen molar-refractivity contribution in [1.29, 1.82) is 0 Å². The Morgan fingerprint density at radius 1 is 1.11 bits per heavy atom. The van der Waals surface area contributed by atoms with Crippen molar-refractivity contribution in [3.63, 3.8) is 0 Å². The van der Waals surface area contributed by atoms with Gasteiger partial charge in [-0.05, 0) is 61.7 Å². The lowest BCUT2D eigenvalue weighted by Crippen LogP contribution is -2.43. The number of benzene rings is 2. The molecule has 6 nitrogen and oxygen atoms in total. The molecule has 2 aromatic carbocycles. The van der Waals surface area contributed by atoms with Crippen LogP contribution < -0.4 is 5.73 Å². The van der Waals surface area contributed by atoms with Crippen molar-refractivity contribution < 1.29 is 9.18 Å². The molecule has 0 saturated carbocycles. The summed E-state index contributed by atoms with van der Waals surface area (Å²) in [5, 5.41) is 0. The molecule has 3 aromatic rings. The number of nitrogens with zero attached hydrogens (tertiary/aromatic N) is 3. The third-order valence-electron chi connectivity index (χ3n) is 7.78. The lowest BCUT2D eigenvalue weighted by atomic mass is 9.85. The average molecular weight is 490 g/mol. The number of nitrogen functional groups attached to an aromatic ring is 1. The van der Waals surface area contributed by atoms with Crippen LogP contribution in [-0.2, 0) is 18.6 Å². The number of nitrogens with two attached hydrogens (primary N) is 1. The van der Waals surface area contributed by atoms with Crippen molar-refractivity contribution in [2.75, 3.05) is 31.9 Å². The van der Waals surface area contributed by atoms with Gasteiger partial charge in [-0.2, -0.15) is 0 Å². The molecule has 1 amide bonds. The standard InChI is InChI=1S/C29H36FN5O/c1-4-12-34-13-9-25-26(18-34)33-27(32-25)23-17-24(20(3)16-19(23)2)28(36)35-14-10-29(30,11-15-35)21-5-7-22(31)8-6-21/h5-8,16-17H,4,9-15,18,31H2,1-3H3,(H,32,33). The zero-order valence-corrected chi connectivity index (χ0v) is 21.5. The number of imidazole rings is 1. The maximum Gasteiger partial charge on any atom is 0.254 e. The van der Waals surface area contributed by atoms with Gasteiger partial charge in [0.2, 0.25) is 0 Å². The summed E-state index contributed by atoms with van der Waals surface area (Å²) in [6, 6.07) is 11.0. The predicted molar refractivity (Wildman–Crippen MR) is 142 cm³/mol. The molecule has 2 aliphatic rings. The molecular weight excluding hydrogens is 453 g/mol. The number of amides is 1. The Balaban J connectivity index is 1.35. The number of alkyl halides is 1. The number of anilines is 1. The smallest absolute Gasteiger partial charge is 0.254 e. The number of fused-ring (bicyclic) bond motifs is 1. The van der Waals surface area contributed by atoms with Crippen molar-refractivity contribution in [2.24, 2.45) is 0 Å². The number of rotatable bonds is 5. The fourth-order valence-electron chi connectivity index (χ4n) is 5.63. The van der Waals surface area contributed by atoms with E-state index in [2.05, 4.69) is 29.8 Å². The Hall–Kier alpha value is -3.19. The number of aromatic nitrogens is 2. The Morgan fingerprint density at radius 2 is 1.83 bits per heavy atom. The van der Waals surface area contributed by atoms with Gasteiger partial charge in [-0.15, -0.1) is 0 Å². The summed E-state index contributed by atoms with van der Waals surface area (Å²) in [5.74, 6) is 0.785. The quantitative estimate of drug-likeness (QED) is 0.486. The fraction of sp³-hybridized carbons (Fsp3) is 0.448. The van der Waals surface area contributed by atoms with Crippen LogP contribution in [0.4, 0.5) is 10.1 Å². The number of H-pyrrole nitrogens is 1. The van der Waals surface area contributed by atoms with E-state index in [4.69, 9.17) is 10.7 Å². The van der Waals surface area contributed by atoms with Crippen molar-refractivity contribution in [1.82, 2.24) is 19.8 Å². The second-order valence-corrected chi connectivity index (χ2v) is 10.4. The van der Waals surface area contributed by atoms with Gasteiger partial charge in [-0.3, -0.25) is 9.69 Å². The molecule has 7 heteroatoms. The van der Waals surface area contributed by atoms with Crippen molar-refractivity contribution in [3.05, 3.63) is 70.0 Å². The second kappa shape index (κ2) is 9.69. The number of aryl methyl sites for hydroxylation is 2. The van der Waals surface area contributed by atoms with Gasteiger partial charge in [0, 0.05) is 62.3 Å². The first-order chi connectivity index (χ1) is 17.3. The number of carbonyl (C=O) groups is 1. The van der Waals surface area contributed by atoms with E-state index in [1.54, 1.807) is 29.2 Å². The number of halogens is 1. The Labute approximate surface area is 212 Å². The van der Waals surface area contributed by atoms with E-state index in [1.165, 1.54) is 5.69 Å². The minimum atomic E-state index is -1.43.